The van der Waals surface area contributed by atoms with E-state index in [1.165, 1.54) is 18.4 Å². The second kappa shape index (κ2) is 5.73. The van der Waals surface area contributed by atoms with Crippen molar-refractivity contribution in [2.24, 2.45) is 0 Å². The van der Waals surface area contributed by atoms with Crippen LogP contribution in [0.3, 0.4) is 0 Å². The number of imidazole rings is 1. The highest BCUT2D eigenvalue weighted by atomic mass is 16.2. The minimum Gasteiger partial charge on any atom is -0.339 e. The van der Waals surface area contributed by atoms with Crippen LogP contribution >= 0.6 is 0 Å². The molecule has 1 aliphatic heterocycles. The number of likely N-dealkylation sites (tertiary alicyclic amines) is 1. The maximum atomic E-state index is 12.4. The molecular weight excluding hydrogens is 310 g/mol. The second-order valence-corrected chi connectivity index (χ2v) is 7.21. The Balaban J connectivity index is 1.55. The Morgan fingerprint density at radius 3 is 2.56 bits per heavy atom. The van der Waals surface area contributed by atoms with Gasteiger partial charge in [-0.2, -0.15) is 0 Å². The molecule has 25 heavy (non-hydrogen) atoms. The fourth-order valence-electron chi connectivity index (χ4n) is 3.98. The molecule has 0 bridgehead atoms. The van der Waals surface area contributed by atoms with Gasteiger partial charge in [0.1, 0.15) is 5.82 Å². The Kier molecular flexibility index (Phi) is 3.37. The van der Waals surface area contributed by atoms with E-state index in [1.807, 2.05) is 12.1 Å². The fraction of sp³-hybridized carbons (Fsp3) is 0.333. The van der Waals surface area contributed by atoms with Gasteiger partial charge < -0.3 is 9.47 Å². The van der Waals surface area contributed by atoms with Crippen LogP contribution in [0.1, 0.15) is 36.6 Å². The van der Waals surface area contributed by atoms with Crippen molar-refractivity contribution in [3.05, 3.63) is 66.0 Å². The summed E-state index contributed by atoms with van der Waals surface area (Å²) in [6.45, 7) is 1.62. The SMILES string of the molecule is O=C1CC(c2nc3ccccc3n2Cc2ccccc2)CN1C1CC1. The molecule has 1 saturated carbocycles. The van der Waals surface area contributed by atoms with Gasteiger partial charge in [0.15, 0.2) is 0 Å². The first-order chi connectivity index (χ1) is 12.3. The molecular formula is C21H21N3O. The van der Waals surface area contributed by atoms with Gasteiger partial charge in [-0.15, -0.1) is 0 Å². The van der Waals surface area contributed by atoms with Crippen LogP contribution in [0.2, 0.25) is 0 Å². The number of carbonyl (C=O) groups is 1. The summed E-state index contributed by atoms with van der Waals surface area (Å²) in [4.78, 5) is 19.4. The lowest BCUT2D eigenvalue weighted by Gasteiger charge is -2.16. The first-order valence-corrected chi connectivity index (χ1v) is 9.08. The van der Waals surface area contributed by atoms with Gasteiger partial charge in [0, 0.05) is 31.5 Å². The molecule has 3 aromatic rings. The van der Waals surface area contributed by atoms with E-state index in [4.69, 9.17) is 4.98 Å². The zero-order chi connectivity index (χ0) is 16.8. The molecule has 1 amide bonds. The van der Waals surface area contributed by atoms with E-state index in [-0.39, 0.29) is 5.92 Å². The van der Waals surface area contributed by atoms with Crippen molar-refractivity contribution in [2.75, 3.05) is 6.54 Å². The van der Waals surface area contributed by atoms with E-state index in [0.717, 1.165) is 29.9 Å². The summed E-state index contributed by atoms with van der Waals surface area (Å²) in [7, 11) is 0. The zero-order valence-corrected chi connectivity index (χ0v) is 14.1. The Hall–Kier alpha value is -2.62. The number of amides is 1. The fourth-order valence-corrected chi connectivity index (χ4v) is 3.98. The van der Waals surface area contributed by atoms with Gasteiger partial charge in [-0.25, -0.2) is 4.98 Å². The van der Waals surface area contributed by atoms with Crippen molar-refractivity contribution < 1.29 is 4.79 Å². The quantitative estimate of drug-likeness (QED) is 0.733. The first kappa shape index (κ1) is 14.7. The second-order valence-electron chi connectivity index (χ2n) is 7.21. The number of benzene rings is 2. The predicted octanol–water partition coefficient (Wildman–Crippen LogP) is 3.56. The summed E-state index contributed by atoms with van der Waals surface area (Å²) in [6.07, 6.45) is 2.92. The average molecular weight is 331 g/mol. The van der Waals surface area contributed by atoms with Crippen molar-refractivity contribution in [1.82, 2.24) is 14.5 Å². The molecule has 2 fully saturated rings. The molecule has 1 aromatic heterocycles. The molecule has 1 unspecified atom stereocenters. The molecule has 1 aliphatic carbocycles. The summed E-state index contributed by atoms with van der Waals surface area (Å²) in [5.41, 5.74) is 3.43. The van der Waals surface area contributed by atoms with Crippen molar-refractivity contribution in [3.8, 4) is 0 Å². The predicted molar refractivity (Wildman–Crippen MR) is 97.4 cm³/mol. The summed E-state index contributed by atoms with van der Waals surface area (Å²) in [6, 6.07) is 19.3. The minimum atomic E-state index is 0.198. The number of nitrogens with zero attached hydrogens (tertiary/aromatic N) is 3. The van der Waals surface area contributed by atoms with Crippen molar-refractivity contribution in [1.29, 1.82) is 0 Å². The Bertz CT molecular complexity index is 927. The van der Waals surface area contributed by atoms with Crippen LogP contribution in [0.5, 0.6) is 0 Å². The number of rotatable bonds is 4. The van der Waals surface area contributed by atoms with Crippen LogP contribution in [0.25, 0.3) is 11.0 Å². The highest BCUT2D eigenvalue weighted by molar-refractivity contribution is 5.81. The lowest BCUT2D eigenvalue weighted by molar-refractivity contribution is -0.128. The molecule has 0 radical (unpaired) electrons. The lowest BCUT2D eigenvalue weighted by Crippen LogP contribution is -2.27. The van der Waals surface area contributed by atoms with Crippen molar-refractivity contribution in [2.45, 2.75) is 37.8 Å². The van der Waals surface area contributed by atoms with Crippen LogP contribution in [-0.4, -0.2) is 32.9 Å². The normalized spacial score (nSPS) is 20.6. The van der Waals surface area contributed by atoms with E-state index in [2.05, 4.69) is 51.9 Å². The summed E-state index contributed by atoms with van der Waals surface area (Å²) in [5.74, 6) is 1.55. The maximum absolute atomic E-state index is 12.4. The number of hydrogen-bond acceptors (Lipinski definition) is 2. The topological polar surface area (TPSA) is 38.1 Å². The van der Waals surface area contributed by atoms with Gasteiger partial charge >= 0.3 is 0 Å². The zero-order valence-electron chi connectivity index (χ0n) is 14.1. The summed E-state index contributed by atoms with van der Waals surface area (Å²) >= 11 is 0. The van der Waals surface area contributed by atoms with E-state index >= 15 is 0 Å². The minimum absolute atomic E-state index is 0.198. The van der Waals surface area contributed by atoms with Crippen LogP contribution in [0.4, 0.5) is 0 Å². The van der Waals surface area contributed by atoms with Gasteiger partial charge in [-0.1, -0.05) is 42.5 Å². The Labute approximate surface area is 147 Å². The van der Waals surface area contributed by atoms with E-state index in [9.17, 15) is 4.79 Å². The smallest absolute Gasteiger partial charge is 0.223 e. The van der Waals surface area contributed by atoms with Gasteiger partial charge in [0.25, 0.3) is 0 Å². The third-order valence-electron chi connectivity index (χ3n) is 5.38. The van der Waals surface area contributed by atoms with Crippen LogP contribution < -0.4 is 0 Å². The third kappa shape index (κ3) is 2.62. The Morgan fingerprint density at radius 1 is 1.00 bits per heavy atom. The van der Waals surface area contributed by atoms with E-state index in [1.54, 1.807) is 0 Å². The molecule has 4 heteroatoms. The number of aromatic nitrogens is 2. The highest BCUT2D eigenvalue weighted by Crippen LogP contribution is 2.37. The van der Waals surface area contributed by atoms with Gasteiger partial charge in [-0.3, -0.25) is 4.79 Å². The summed E-state index contributed by atoms with van der Waals surface area (Å²) < 4.78 is 2.30. The molecule has 1 atom stereocenters. The average Bonchev–Trinajstić information content (AvgIpc) is 3.32. The lowest BCUT2D eigenvalue weighted by atomic mass is 10.1. The molecule has 0 N–H and O–H groups in total. The standard InChI is InChI=1S/C21H21N3O/c25-20-12-16(14-23(20)17-10-11-17)21-22-18-8-4-5-9-19(18)24(21)13-15-6-2-1-3-7-15/h1-9,16-17H,10-14H2. The molecule has 1 saturated heterocycles. The van der Waals surface area contributed by atoms with E-state index < -0.39 is 0 Å². The number of carbonyl (C=O) groups excluding carboxylic acids is 1. The van der Waals surface area contributed by atoms with E-state index in [0.29, 0.717) is 18.4 Å². The molecule has 2 heterocycles. The van der Waals surface area contributed by atoms with Crippen LogP contribution in [0, 0.1) is 0 Å². The molecule has 2 aromatic carbocycles. The molecule has 0 spiro atoms. The molecule has 5 rings (SSSR count). The van der Waals surface area contributed by atoms with Gasteiger partial charge in [0.2, 0.25) is 5.91 Å². The molecule has 126 valence electrons. The Morgan fingerprint density at radius 2 is 1.76 bits per heavy atom. The van der Waals surface area contributed by atoms with Gasteiger partial charge in [-0.05, 0) is 30.5 Å². The number of fused-ring (bicyclic) bond motifs is 1. The maximum Gasteiger partial charge on any atom is 0.223 e. The highest BCUT2D eigenvalue weighted by Gasteiger charge is 2.41. The largest absolute Gasteiger partial charge is 0.339 e. The van der Waals surface area contributed by atoms with Crippen LogP contribution in [0.15, 0.2) is 54.6 Å². The van der Waals surface area contributed by atoms with Crippen molar-refractivity contribution in [3.63, 3.8) is 0 Å². The first-order valence-electron chi connectivity index (χ1n) is 9.08. The van der Waals surface area contributed by atoms with Crippen molar-refractivity contribution >= 4 is 16.9 Å². The number of hydrogen-bond donors (Lipinski definition) is 0. The molecule has 4 nitrogen and oxygen atoms in total. The molecule has 2 aliphatic rings. The summed E-state index contributed by atoms with van der Waals surface area (Å²) in [5, 5.41) is 0. The van der Waals surface area contributed by atoms with Crippen LogP contribution in [-0.2, 0) is 11.3 Å². The number of para-hydroxylation sites is 2. The monoisotopic (exact) mass is 331 g/mol. The third-order valence-corrected chi connectivity index (χ3v) is 5.38. The van der Waals surface area contributed by atoms with Gasteiger partial charge in [0.05, 0.1) is 11.0 Å².